The number of anilines is 1. The maximum Gasteiger partial charge on any atom is 0.243 e. The fourth-order valence-corrected chi connectivity index (χ4v) is 2.91. The van der Waals surface area contributed by atoms with Crippen LogP contribution < -0.4 is 9.64 Å². The second-order valence-electron chi connectivity index (χ2n) is 5.80. The smallest absolute Gasteiger partial charge is 0.243 e. The Morgan fingerprint density at radius 3 is 2.70 bits per heavy atom. The minimum atomic E-state index is 0.162. The summed E-state index contributed by atoms with van der Waals surface area (Å²) in [5.41, 5.74) is 1.21. The lowest BCUT2D eigenvalue weighted by atomic mass is 10.2. The lowest BCUT2D eigenvalue weighted by molar-refractivity contribution is 0.164. The number of benzene rings is 1. The standard InChI is InChI=1S/C17H24N4O2/c1-4-16-18-17(23-19-16)13(2)20-8-10-21(11-9-20)14-6-5-7-15(12-14)22-3/h5-7,12-13H,4,8-11H2,1-3H3/t13-/m0/s1. The van der Waals surface area contributed by atoms with E-state index in [2.05, 4.69) is 39.0 Å². The summed E-state index contributed by atoms with van der Waals surface area (Å²) >= 11 is 0. The molecule has 1 aliphatic heterocycles. The Balaban J connectivity index is 1.61. The molecule has 0 unspecified atom stereocenters. The average molecular weight is 316 g/mol. The van der Waals surface area contributed by atoms with E-state index in [1.54, 1.807) is 7.11 Å². The minimum absolute atomic E-state index is 0.162. The van der Waals surface area contributed by atoms with Crippen LogP contribution in [-0.4, -0.2) is 48.3 Å². The van der Waals surface area contributed by atoms with Crippen molar-refractivity contribution in [3.05, 3.63) is 36.0 Å². The first-order valence-corrected chi connectivity index (χ1v) is 8.16. The van der Waals surface area contributed by atoms with Gasteiger partial charge in [-0.3, -0.25) is 4.90 Å². The van der Waals surface area contributed by atoms with E-state index >= 15 is 0 Å². The quantitative estimate of drug-likeness (QED) is 0.845. The lowest BCUT2D eigenvalue weighted by Crippen LogP contribution is -2.47. The Morgan fingerprint density at radius 1 is 1.26 bits per heavy atom. The number of aromatic nitrogens is 2. The van der Waals surface area contributed by atoms with Crippen molar-refractivity contribution in [3.63, 3.8) is 0 Å². The largest absolute Gasteiger partial charge is 0.497 e. The molecule has 0 spiro atoms. The van der Waals surface area contributed by atoms with E-state index in [-0.39, 0.29) is 6.04 Å². The van der Waals surface area contributed by atoms with E-state index in [9.17, 15) is 0 Å². The molecule has 0 N–H and O–H groups in total. The fraction of sp³-hybridized carbons (Fsp3) is 0.529. The summed E-state index contributed by atoms with van der Waals surface area (Å²) in [5.74, 6) is 2.40. The average Bonchev–Trinajstić information content (AvgIpc) is 3.10. The normalized spacial score (nSPS) is 17.3. The van der Waals surface area contributed by atoms with Crippen molar-refractivity contribution in [1.82, 2.24) is 15.0 Å². The molecule has 0 saturated carbocycles. The lowest BCUT2D eigenvalue weighted by Gasteiger charge is -2.38. The molecule has 2 aromatic rings. The monoisotopic (exact) mass is 316 g/mol. The first-order chi connectivity index (χ1) is 11.2. The molecule has 1 aromatic heterocycles. The fourth-order valence-electron chi connectivity index (χ4n) is 2.91. The van der Waals surface area contributed by atoms with Gasteiger partial charge in [0.15, 0.2) is 5.82 Å². The summed E-state index contributed by atoms with van der Waals surface area (Å²) < 4.78 is 10.7. The highest BCUT2D eigenvalue weighted by molar-refractivity contribution is 5.51. The van der Waals surface area contributed by atoms with Gasteiger partial charge in [-0.1, -0.05) is 18.1 Å². The third-order valence-corrected chi connectivity index (χ3v) is 4.44. The van der Waals surface area contributed by atoms with Crippen LogP contribution in [-0.2, 0) is 6.42 Å². The molecule has 2 heterocycles. The van der Waals surface area contributed by atoms with Crippen LogP contribution in [0.1, 0.15) is 31.6 Å². The van der Waals surface area contributed by atoms with Gasteiger partial charge in [0.05, 0.1) is 13.2 Å². The predicted molar refractivity (Wildman–Crippen MR) is 88.9 cm³/mol. The van der Waals surface area contributed by atoms with Gasteiger partial charge in [-0.2, -0.15) is 4.98 Å². The molecule has 1 saturated heterocycles. The predicted octanol–water partition coefficient (Wildman–Crippen LogP) is 2.52. The van der Waals surface area contributed by atoms with Crippen LogP contribution in [0.15, 0.2) is 28.8 Å². The summed E-state index contributed by atoms with van der Waals surface area (Å²) in [7, 11) is 1.70. The Morgan fingerprint density at radius 2 is 2.04 bits per heavy atom. The summed E-state index contributed by atoms with van der Waals surface area (Å²) in [5, 5.41) is 4.00. The van der Waals surface area contributed by atoms with Crippen molar-refractivity contribution in [2.45, 2.75) is 26.3 Å². The molecule has 1 aromatic carbocycles. The molecule has 23 heavy (non-hydrogen) atoms. The number of nitrogens with zero attached hydrogens (tertiary/aromatic N) is 4. The Kier molecular flexibility index (Phi) is 4.81. The number of hydrogen-bond acceptors (Lipinski definition) is 6. The van der Waals surface area contributed by atoms with Gasteiger partial charge < -0.3 is 14.2 Å². The maximum atomic E-state index is 5.38. The van der Waals surface area contributed by atoms with E-state index in [4.69, 9.17) is 9.26 Å². The third-order valence-electron chi connectivity index (χ3n) is 4.44. The van der Waals surface area contributed by atoms with Gasteiger partial charge in [0.1, 0.15) is 5.75 Å². The van der Waals surface area contributed by atoms with Gasteiger partial charge in [0.2, 0.25) is 5.89 Å². The van der Waals surface area contributed by atoms with Crippen molar-refractivity contribution in [1.29, 1.82) is 0 Å². The molecule has 124 valence electrons. The number of ether oxygens (including phenoxy) is 1. The van der Waals surface area contributed by atoms with E-state index in [0.29, 0.717) is 0 Å². The molecule has 6 heteroatoms. The zero-order chi connectivity index (χ0) is 16.2. The summed E-state index contributed by atoms with van der Waals surface area (Å²) in [6, 6.07) is 8.39. The van der Waals surface area contributed by atoms with Gasteiger partial charge in [-0.05, 0) is 19.1 Å². The van der Waals surface area contributed by atoms with Crippen LogP contribution in [0.2, 0.25) is 0 Å². The maximum absolute atomic E-state index is 5.38. The van der Waals surface area contributed by atoms with Gasteiger partial charge in [0, 0.05) is 44.4 Å². The van der Waals surface area contributed by atoms with E-state index in [0.717, 1.165) is 50.1 Å². The molecular formula is C17H24N4O2. The number of piperazine rings is 1. The molecule has 0 bridgehead atoms. The molecule has 1 atom stereocenters. The van der Waals surface area contributed by atoms with E-state index < -0.39 is 0 Å². The highest BCUT2D eigenvalue weighted by Gasteiger charge is 2.25. The molecule has 1 fully saturated rings. The number of hydrogen-bond donors (Lipinski definition) is 0. The van der Waals surface area contributed by atoms with Crippen LogP contribution in [0.25, 0.3) is 0 Å². The summed E-state index contributed by atoms with van der Waals surface area (Å²) in [4.78, 5) is 9.23. The van der Waals surface area contributed by atoms with Gasteiger partial charge >= 0.3 is 0 Å². The van der Waals surface area contributed by atoms with E-state index in [1.165, 1.54) is 5.69 Å². The summed E-state index contributed by atoms with van der Waals surface area (Å²) in [6.07, 6.45) is 0.805. The van der Waals surface area contributed by atoms with Crippen molar-refractivity contribution in [3.8, 4) is 5.75 Å². The Hall–Kier alpha value is -2.08. The van der Waals surface area contributed by atoms with E-state index in [1.807, 2.05) is 19.1 Å². The van der Waals surface area contributed by atoms with Crippen LogP contribution >= 0.6 is 0 Å². The molecular weight excluding hydrogens is 292 g/mol. The molecule has 1 aliphatic rings. The minimum Gasteiger partial charge on any atom is -0.497 e. The van der Waals surface area contributed by atoms with Gasteiger partial charge in [-0.15, -0.1) is 0 Å². The van der Waals surface area contributed by atoms with Gasteiger partial charge in [0.25, 0.3) is 0 Å². The van der Waals surface area contributed by atoms with Crippen LogP contribution in [0.3, 0.4) is 0 Å². The molecule has 6 nitrogen and oxygen atoms in total. The third kappa shape index (κ3) is 3.47. The second-order valence-corrected chi connectivity index (χ2v) is 5.80. The van der Waals surface area contributed by atoms with Crippen LogP contribution in [0, 0.1) is 0 Å². The van der Waals surface area contributed by atoms with Crippen LogP contribution in [0.4, 0.5) is 5.69 Å². The number of rotatable bonds is 5. The molecule has 0 amide bonds. The second kappa shape index (κ2) is 7.00. The number of methoxy groups -OCH3 is 1. The van der Waals surface area contributed by atoms with Crippen molar-refractivity contribution >= 4 is 5.69 Å². The number of aryl methyl sites for hydroxylation is 1. The van der Waals surface area contributed by atoms with Crippen LogP contribution in [0.5, 0.6) is 5.75 Å². The first-order valence-electron chi connectivity index (χ1n) is 8.16. The van der Waals surface area contributed by atoms with Gasteiger partial charge in [-0.25, -0.2) is 0 Å². The highest BCUT2D eigenvalue weighted by atomic mass is 16.5. The molecule has 3 rings (SSSR count). The van der Waals surface area contributed by atoms with Crippen molar-refractivity contribution in [2.24, 2.45) is 0 Å². The van der Waals surface area contributed by atoms with Crippen molar-refractivity contribution in [2.75, 3.05) is 38.2 Å². The zero-order valence-corrected chi connectivity index (χ0v) is 14.0. The highest BCUT2D eigenvalue weighted by Crippen LogP contribution is 2.25. The first kappa shape index (κ1) is 15.8. The Labute approximate surface area is 137 Å². The topological polar surface area (TPSA) is 54.6 Å². The SMILES string of the molecule is CCc1noc([C@H](C)N2CCN(c3cccc(OC)c3)CC2)n1. The Bertz CT molecular complexity index is 635. The molecule has 0 aliphatic carbocycles. The van der Waals surface area contributed by atoms with Crippen molar-refractivity contribution < 1.29 is 9.26 Å². The molecule has 0 radical (unpaired) electrons. The summed E-state index contributed by atoms with van der Waals surface area (Å²) in [6.45, 7) is 8.07. The zero-order valence-electron chi connectivity index (χ0n) is 14.0.